The lowest BCUT2D eigenvalue weighted by Crippen LogP contribution is -2.30. The Morgan fingerprint density at radius 2 is 2.05 bits per heavy atom. The first-order valence-electron chi connectivity index (χ1n) is 7.54. The molecule has 1 aromatic heterocycles. The van der Waals surface area contributed by atoms with Gasteiger partial charge in [0, 0.05) is 48.9 Å². The molecule has 0 aliphatic carbocycles. The van der Waals surface area contributed by atoms with Crippen molar-refractivity contribution >= 4 is 22.7 Å². The number of hydrogen-bond acceptors (Lipinski definition) is 4. The zero-order valence-corrected chi connectivity index (χ0v) is 13.6. The molecule has 2 heterocycles. The SMILES string of the molecule is C1=C\CN(Sc2ccc3cnccc3c2)CCNC/1.CC. The van der Waals surface area contributed by atoms with Crippen LogP contribution in [0.5, 0.6) is 0 Å². The highest BCUT2D eigenvalue weighted by Gasteiger charge is 2.07. The summed E-state index contributed by atoms with van der Waals surface area (Å²) in [4.78, 5) is 5.43. The molecule has 21 heavy (non-hydrogen) atoms. The van der Waals surface area contributed by atoms with Crippen molar-refractivity contribution in [2.24, 2.45) is 0 Å². The Morgan fingerprint density at radius 1 is 1.14 bits per heavy atom. The molecule has 0 radical (unpaired) electrons. The Labute approximate surface area is 131 Å². The third kappa shape index (κ3) is 4.84. The Bertz CT molecular complexity index is 583. The molecule has 0 saturated carbocycles. The van der Waals surface area contributed by atoms with Gasteiger partial charge in [-0.15, -0.1) is 0 Å². The van der Waals surface area contributed by atoms with Crippen LogP contribution in [0, 0.1) is 0 Å². The van der Waals surface area contributed by atoms with Crippen molar-refractivity contribution < 1.29 is 0 Å². The van der Waals surface area contributed by atoms with E-state index in [2.05, 4.69) is 51.0 Å². The molecule has 0 unspecified atom stereocenters. The van der Waals surface area contributed by atoms with E-state index in [1.165, 1.54) is 15.7 Å². The monoisotopic (exact) mass is 301 g/mol. The average Bonchev–Trinajstić information content (AvgIpc) is 2.52. The second kappa shape index (κ2) is 8.82. The van der Waals surface area contributed by atoms with Crippen LogP contribution in [0.4, 0.5) is 0 Å². The zero-order valence-electron chi connectivity index (χ0n) is 12.7. The van der Waals surface area contributed by atoms with E-state index in [1.807, 2.05) is 38.2 Å². The third-order valence-corrected chi connectivity index (χ3v) is 4.18. The lowest BCUT2D eigenvalue weighted by atomic mass is 10.2. The number of benzene rings is 1. The number of nitrogens with one attached hydrogen (secondary N) is 1. The summed E-state index contributed by atoms with van der Waals surface area (Å²) in [5.74, 6) is 0. The topological polar surface area (TPSA) is 28.2 Å². The van der Waals surface area contributed by atoms with E-state index in [9.17, 15) is 0 Å². The van der Waals surface area contributed by atoms with Crippen LogP contribution in [0.1, 0.15) is 13.8 Å². The van der Waals surface area contributed by atoms with Crippen LogP contribution < -0.4 is 5.32 Å². The summed E-state index contributed by atoms with van der Waals surface area (Å²) in [5, 5.41) is 5.83. The fraction of sp³-hybridized carbons (Fsp3) is 0.353. The van der Waals surface area contributed by atoms with E-state index in [0.29, 0.717) is 0 Å². The average molecular weight is 301 g/mol. The molecule has 1 aliphatic rings. The van der Waals surface area contributed by atoms with Gasteiger partial charge >= 0.3 is 0 Å². The third-order valence-electron chi connectivity index (χ3n) is 3.12. The quantitative estimate of drug-likeness (QED) is 0.676. The molecule has 0 amide bonds. The molecule has 3 nitrogen and oxygen atoms in total. The molecular weight excluding hydrogens is 278 g/mol. The summed E-state index contributed by atoms with van der Waals surface area (Å²) in [6.45, 7) is 8.08. The van der Waals surface area contributed by atoms with Gasteiger partial charge in [0.1, 0.15) is 0 Å². The van der Waals surface area contributed by atoms with Crippen molar-refractivity contribution in [1.82, 2.24) is 14.6 Å². The summed E-state index contributed by atoms with van der Waals surface area (Å²) >= 11 is 1.82. The maximum absolute atomic E-state index is 4.15. The van der Waals surface area contributed by atoms with Crippen molar-refractivity contribution in [3.05, 3.63) is 48.8 Å². The highest BCUT2D eigenvalue weighted by atomic mass is 32.2. The minimum absolute atomic E-state index is 0.988. The van der Waals surface area contributed by atoms with Gasteiger partial charge in [-0.25, -0.2) is 4.31 Å². The Hall–Kier alpha value is -1.36. The van der Waals surface area contributed by atoms with E-state index in [-0.39, 0.29) is 0 Å². The van der Waals surface area contributed by atoms with Crippen LogP contribution in [0.25, 0.3) is 10.8 Å². The van der Waals surface area contributed by atoms with Crippen LogP contribution in [-0.2, 0) is 0 Å². The summed E-state index contributed by atoms with van der Waals surface area (Å²) in [6.07, 6.45) is 8.18. The number of rotatable bonds is 2. The molecule has 112 valence electrons. The van der Waals surface area contributed by atoms with Crippen LogP contribution >= 0.6 is 11.9 Å². The first-order valence-corrected chi connectivity index (χ1v) is 8.31. The molecule has 3 rings (SSSR count). The van der Waals surface area contributed by atoms with Crippen LogP contribution in [-0.4, -0.2) is 35.5 Å². The van der Waals surface area contributed by atoms with Gasteiger partial charge < -0.3 is 5.32 Å². The molecule has 2 aromatic rings. The van der Waals surface area contributed by atoms with Gasteiger partial charge in [-0.2, -0.15) is 0 Å². The van der Waals surface area contributed by atoms with Crippen molar-refractivity contribution in [3.8, 4) is 0 Å². The normalized spacial score (nSPS) is 17.4. The zero-order chi connectivity index (χ0) is 14.9. The fourth-order valence-corrected chi connectivity index (χ4v) is 3.06. The second-order valence-corrected chi connectivity index (χ2v) is 5.71. The van der Waals surface area contributed by atoms with Gasteiger partial charge in [-0.3, -0.25) is 4.98 Å². The molecule has 0 bridgehead atoms. The molecule has 0 fully saturated rings. The minimum Gasteiger partial charge on any atom is -0.312 e. The molecule has 1 N–H and O–H groups in total. The van der Waals surface area contributed by atoms with Gasteiger partial charge in [0.25, 0.3) is 0 Å². The summed E-state index contributed by atoms with van der Waals surface area (Å²) in [5.41, 5.74) is 0. The maximum atomic E-state index is 4.15. The Morgan fingerprint density at radius 3 is 2.95 bits per heavy atom. The summed E-state index contributed by atoms with van der Waals surface area (Å²) in [6, 6.07) is 8.61. The molecule has 1 aliphatic heterocycles. The summed E-state index contributed by atoms with van der Waals surface area (Å²) < 4.78 is 2.38. The van der Waals surface area contributed by atoms with E-state index in [4.69, 9.17) is 0 Å². The van der Waals surface area contributed by atoms with E-state index < -0.39 is 0 Å². The Balaban J connectivity index is 0.000000774. The summed E-state index contributed by atoms with van der Waals surface area (Å²) in [7, 11) is 0. The van der Waals surface area contributed by atoms with E-state index in [0.717, 1.165) is 26.2 Å². The van der Waals surface area contributed by atoms with Crippen LogP contribution in [0.3, 0.4) is 0 Å². The number of aromatic nitrogens is 1. The number of hydrogen-bond donors (Lipinski definition) is 1. The number of pyridine rings is 1. The molecule has 1 aromatic carbocycles. The first kappa shape index (κ1) is 16.0. The second-order valence-electron chi connectivity index (χ2n) is 4.54. The minimum atomic E-state index is 0.988. The van der Waals surface area contributed by atoms with Crippen molar-refractivity contribution in [3.63, 3.8) is 0 Å². The van der Waals surface area contributed by atoms with Crippen molar-refractivity contribution in [2.45, 2.75) is 18.7 Å². The molecule has 0 atom stereocenters. The highest BCUT2D eigenvalue weighted by molar-refractivity contribution is 7.97. The predicted octanol–water partition coefficient (Wildman–Crippen LogP) is 3.73. The maximum Gasteiger partial charge on any atom is 0.0346 e. The van der Waals surface area contributed by atoms with Crippen LogP contribution in [0.15, 0.2) is 53.7 Å². The molecule has 0 spiro atoms. The lowest BCUT2D eigenvalue weighted by molar-refractivity contribution is 0.494. The van der Waals surface area contributed by atoms with Gasteiger partial charge in [-0.05, 0) is 35.5 Å². The number of nitrogens with zero attached hydrogens (tertiary/aromatic N) is 2. The van der Waals surface area contributed by atoms with Gasteiger partial charge in [0.2, 0.25) is 0 Å². The predicted molar refractivity (Wildman–Crippen MR) is 92.5 cm³/mol. The first-order chi connectivity index (χ1) is 10.4. The van der Waals surface area contributed by atoms with Gasteiger partial charge in [-0.1, -0.05) is 32.1 Å². The van der Waals surface area contributed by atoms with Crippen LogP contribution in [0.2, 0.25) is 0 Å². The van der Waals surface area contributed by atoms with Gasteiger partial charge in [0.05, 0.1) is 0 Å². The Kier molecular flexibility index (Phi) is 6.73. The molecule has 4 heteroatoms. The largest absolute Gasteiger partial charge is 0.312 e. The lowest BCUT2D eigenvalue weighted by Gasteiger charge is -2.21. The fourth-order valence-electron chi connectivity index (χ4n) is 2.11. The number of fused-ring (bicyclic) bond motifs is 1. The standard InChI is InChI=1S/C15H17N3S.C2H6/c1-2-9-18(10-8-16-6-1)19-15-4-3-14-12-17-7-5-13(14)11-15;1-2/h1-5,7,11-12,16H,6,8-10H2;1-2H3/b2-1-;. The van der Waals surface area contributed by atoms with Crippen molar-refractivity contribution in [2.75, 3.05) is 26.2 Å². The van der Waals surface area contributed by atoms with Crippen molar-refractivity contribution in [1.29, 1.82) is 0 Å². The molecular formula is C17H23N3S. The smallest absolute Gasteiger partial charge is 0.0346 e. The highest BCUT2D eigenvalue weighted by Crippen LogP contribution is 2.26. The van der Waals surface area contributed by atoms with Gasteiger partial charge in [0.15, 0.2) is 0 Å². The van der Waals surface area contributed by atoms with E-state index in [1.54, 1.807) is 0 Å². The molecule has 0 saturated heterocycles. The van der Waals surface area contributed by atoms with E-state index >= 15 is 0 Å².